The van der Waals surface area contributed by atoms with Gasteiger partial charge >= 0.3 is 12.1 Å². The van der Waals surface area contributed by atoms with Gasteiger partial charge in [0.25, 0.3) is 5.91 Å². The van der Waals surface area contributed by atoms with Gasteiger partial charge in [0.05, 0.1) is 18.7 Å². The lowest BCUT2D eigenvalue weighted by Gasteiger charge is -2.27. The molecular weight excluding hydrogens is 518 g/mol. The van der Waals surface area contributed by atoms with Gasteiger partial charge in [-0.3, -0.25) is 9.69 Å². The lowest BCUT2D eigenvalue weighted by Crippen LogP contribution is -2.35. The normalized spacial score (nSPS) is 17.4. The predicted molar refractivity (Wildman–Crippen MR) is 149 cm³/mol. The Hall–Kier alpha value is -3.78. The SMILES string of the molecule is CCOC(=C1CCC1)c1c(C2C(=O)N(Cc3ccccc3)C(=O)N2CC(C)C)c2ccc(Cl)cc2n1C(=O)O. The first-order chi connectivity index (χ1) is 18.7. The van der Waals surface area contributed by atoms with Crippen LogP contribution in [0.5, 0.6) is 0 Å². The van der Waals surface area contributed by atoms with Gasteiger partial charge in [0, 0.05) is 22.5 Å². The van der Waals surface area contributed by atoms with Crippen molar-refractivity contribution >= 4 is 46.3 Å². The molecule has 204 valence electrons. The topological polar surface area (TPSA) is 92.1 Å². The zero-order chi connectivity index (χ0) is 27.8. The van der Waals surface area contributed by atoms with Crippen LogP contribution in [0, 0.1) is 5.92 Å². The molecule has 1 unspecified atom stereocenters. The molecule has 1 aliphatic carbocycles. The average molecular weight is 550 g/mol. The van der Waals surface area contributed by atoms with Gasteiger partial charge in [-0.1, -0.05) is 61.8 Å². The lowest BCUT2D eigenvalue weighted by atomic mass is 9.88. The van der Waals surface area contributed by atoms with Crippen LogP contribution < -0.4 is 0 Å². The molecular formula is C30H32ClN3O5. The minimum absolute atomic E-state index is 0.0722. The fourth-order valence-corrected chi connectivity index (χ4v) is 5.62. The van der Waals surface area contributed by atoms with Crippen molar-refractivity contribution in [1.82, 2.24) is 14.4 Å². The van der Waals surface area contributed by atoms with Crippen molar-refractivity contribution in [1.29, 1.82) is 0 Å². The monoisotopic (exact) mass is 549 g/mol. The smallest absolute Gasteiger partial charge is 0.416 e. The molecule has 8 nitrogen and oxygen atoms in total. The van der Waals surface area contributed by atoms with Gasteiger partial charge in [0.2, 0.25) is 0 Å². The van der Waals surface area contributed by atoms with Crippen LogP contribution in [-0.4, -0.2) is 50.7 Å². The summed E-state index contributed by atoms with van der Waals surface area (Å²) in [5.74, 6) is 0.155. The molecule has 1 saturated heterocycles. The number of nitrogens with zero attached hydrogens (tertiary/aromatic N) is 3. The average Bonchev–Trinajstić information content (AvgIpc) is 3.29. The zero-order valence-corrected chi connectivity index (χ0v) is 23.1. The molecule has 0 radical (unpaired) electrons. The highest BCUT2D eigenvalue weighted by Gasteiger charge is 2.49. The summed E-state index contributed by atoms with van der Waals surface area (Å²) in [6.45, 7) is 6.60. The maximum atomic E-state index is 14.2. The van der Waals surface area contributed by atoms with Gasteiger partial charge in [0.15, 0.2) is 0 Å². The number of amides is 3. The molecule has 1 aromatic heterocycles. The lowest BCUT2D eigenvalue weighted by molar-refractivity contribution is -0.128. The van der Waals surface area contributed by atoms with E-state index >= 15 is 0 Å². The Bertz CT molecular complexity index is 1470. The summed E-state index contributed by atoms with van der Waals surface area (Å²) in [5.41, 5.74) is 2.95. The number of ether oxygens (including phenoxy) is 1. The van der Waals surface area contributed by atoms with Crippen LogP contribution in [0.25, 0.3) is 16.7 Å². The van der Waals surface area contributed by atoms with Crippen molar-refractivity contribution in [3.8, 4) is 0 Å². The molecule has 2 aliphatic rings. The van der Waals surface area contributed by atoms with Gasteiger partial charge in [-0.15, -0.1) is 0 Å². The molecule has 39 heavy (non-hydrogen) atoms. The molecule has 1 saturated carbocycles. The predicted octanol–water partition coefficient (Wildman–Crippen LogP) is 6.91. The molecule has 2 aromatic carbocycles. The fourth-order valence-electron chi connectivity index (χ4n) is 5.46. The molecule has 1 aliphatic heterocycles. The van der Waals surface area contributed by atoms with E-state index in [1.807, 2.05) is 51.1 Å². The first-order valence-electron chi connectivity index (χ1n) is 13.3. The van der Waals surface area contributed by atoms with E-state index in [-0.39, 0.29) is 18.4 Å². The summed E-state index contributed by atoms with van der Waals surface area (Å²) in [6.07, 6.45) is 1.33. The molecule has 5 rings (SSSR count). The van der Waals surface area contributed by atoms with Crippen molar-refractivity contribution in [3.63, 3.8) is 0 Å². The van der Waals surface area contributed by atoms with Crippen LogP contribution in [-0.2, 0) is 16.1 Å². The first-order valence-corrected chi connectivity index (χ1v) is 13.7. The number of carbonyl (C=O) groups is 3. The minimum Gasteiger partial charge on any atom is -0.492 e. The molecule has 1 atom stereocenters. The van der Waals surface area contributed by atoms with E-state index in [1.165, 1.54) is 4.90 Å². The molecule has 9 heteroatoms. The van der Waals surface area contributed by atoms with Crippen molar-refractivity contribution < 1.29 is 24.2 Å². The number of carboxylic acid groups (broad SMARTS) is 1. The molecule has 0 bridgehead atoms. The highest BCUT2D eigenvalue weighted by Crippen LogP contribution is 2.45. The third-order valence-corrected chi connectivity index (χ3v) is 7.48. The van der Waals surface area contributed by atoms with E-state index in [1.54, 1.807) is 23.1 Å². The number of allylic oxidation sites excluding steroid dienone is 1. The minimum atomic E-state index is -1.21. The van der Waals surface area contributed by atoms with Gasteiger partial charge in [-0.25, -0.2) is 14.2 Å². The number of imide groups is 1. The third-order valence-electron chi connectivity index (χ3n) is 7.25. The van der Waals surface area contributed by atoms with Gasteiger partial charge in [-0.2, -0.15) is 0 Å². The Labute approximate surface area is 232 Å². The molecule has 1 N–H and O–H groups in total. The van der Waals surface area contributed by atoms with Gasteiger partial charge in [0.1, 0.15) is 17.5 Å². The van der Waals surface area contributed by atoms with Crippen molar-refractivity contribution in [2.24, 2.45) is 5.92 Å². The Morgan fingerprint density at radius 3 is 2.44 bits per heavy atom. The summed E-state index contributed by atoms with van der Waals surface area (Å²) in [5, 5.41) is 11.4. The van der Waals surface area contributed by atoms with Crippen LogP contribution >= 0.6 is 11.6 Å². The number of carbonyl (C=O) groups excluding carboxylic acids is 2. The van der Waals surface area contributed by atoms with E-state index in [9.17, 15) is 19.5 Å². The number of urea groups is 1. The molecule has 2 heterocycles. The van der Waals surface area contributed by atoms with Crippen LogP contribution in [0.1, 0.15) is 62.9 Å². The summed E-state index contributed by atoms with van der Waals surface area (Å²) in [6, 6.07) is 12.9. The number of hydrogen-bond acceptors (Lipinski definition) is 4. The second-order valence-corrected chi connectivity index (χ2v) is 10.8. The third kappa shape index (κ3) is 4.78. The number of halogens is 1. The van der Waals surface area contributed by atoms with E-state index in [2.05, 4.69) is 0 Å². The van der Waals surface area contributed by atoms with Crippen molar-refractivity contribution in [3.05, 3.63) is 75.9 Å². The largest absolute Gasteiger partial charge is 0.492 e. The van der Waals surface area contributed by atoms with E-state index in [0.29, 0.717) is 46.1 Å². The molecule has 3 amide bonds. The van der Waals surface area contributed by atoms with Crippen LogP contribution in [0.15, 0.2) is 54.1 Å². The maximum absolute atomic E-state index is 14.2. The van der Waals surface area contributed by atoms with Crippen molar-refractivity contribution in [2.75, 3.05) is 13.2 Å². The Kier molecular flexibility index (Phi) is 7.40. The highest BCUT2D eigenvalue weighted by atomic mass is 35.5. The van der Waals surface area contributed by atoms with Crippen LogP contribution in [0.2, 0.25) is 5.02 Å². The summed E-state index contributed by atoms with van der Waals surface area (Å²) in [4.78, 5) is 43.7. The van der Waals surface area contributed by atoms with Crippen LogP contribution in [0.3, 0.4) is 0 Å². The maximum Gasteiger partial charge on any atom is 0.416 e. The number of hydrogen-bond donors (Lipinski definition) is 1. The highest BCUT2D eigenvalue weighted by molar-refractivity contribution is 6.31. The fraction of sp³-hybridized carbons (Fsp3) is 0.367. The summed E-state index contributed by atoms with van der Waals surface area (Å²) >= 11 is 6.33. The molecule has 3 aromatic rings. The van der Waals surface area contributed by atoms with E-state index < -0.39 is 18.2 Å². The second-order valence-electron chi connectivity index (χ2n) is 10.4. The quantitative estimate of drug-likeness (QED) is 0.243. The Balaban J connectivity index is 1.78. The Morgan fingerprint density at radius 2 is 1.85 bits per heavy atom. The standard InChI is InChI=1S/C30H32ClN3O5/c1-4-39-27(20-11-8-12-20)25-24(22-14-13-21(31)15-23(22)34(25)30(37)38)26-28(35)33(17-19-9-6-5-7-10-19)29(36)32(26)16-18(2)3/h5-7,9-10,13-15,18,26H,4,8,11-12,16-17H2,1-3H3,(H,37,38). The van der Waals surface area contributed by atoms with E-state index in [0.717, 1.165) is 35.0 Å². The number of fused-ring (bicyclic) bond motifs is 1. The van der Waals surface area contributed by atoms with Gasteiger partial charge in [-0.05, 0) is 55.4 Å². The van der Waals surface area contributed by atoms with Crippen molar-refractivity contribution in [2.45, 2.75) is 52.6 Å². The summed E-state index contributed by atoms with van der Waals surface area (Å²) < 4.78 is 7.28. The number of aromatic nitrogens is 1. The number of benzene rings is 2. The first kappa shape index (κ1) is 26.8. The number of rotatable bonds is 8. The van der Waals surface area contributed by atoms with E-state index in [4.69, 9.17) is 16.3 Å². The zero-order valence-electron chi connectivity index (χ0n) is 22.3. The second kappa shape index (κ2) is 10.8. The summed E-state index contributed by atoms with van der Waals surface area (Å²) in [7, 11) is 0. The molecule has 2 fully saturated rings. The molecule has 0 spiro atoms. The van der Waals surface area contributed by atoms with Crippen LogP contribution in [0.4, 0.5) is 9.59 Å². The van der Waals surface area contributed by atoms with Gasteiger partial charge < -0.3 is 14.7 Å². The Morgan fingerprint density at radius 1 is 1.13 bits per heavy atom.